The smallest absolute Gasteiger partial charge is 0.338 e. The first-order valence-electron chi connectivity index (χ1n) is 8.64. The fourth-order valence-electron chi connectivity index (χ4n) is 2.97. The second-order valence-electron chi connectivity index (χ2n) is 6.25. The summed E-state index contributed by atoms with van der Waals surface area (Å²) < 4.78 is 16.0. The topological polar surface area (TPSA) is 107 Å². The van der Waals surface area contributed by atoms with Crippen LogP contribution in [0.15, 0.2) is 38.7 Å². The molecule has 2 amide bonds. The maximum atomic E-state index is 12.3. The molecule has 0 spiro atoms. The van der Waals surface area contributed by atoms with Gasteiger partial charge in [0.2, 0.25) is 0 Å². The second-order valence-corrected chi connectivity index (χ2v) is 6.66. The molecule has 0 bridgehead atoms. The van der Waals surface area contributed by atoms with Crippen molar-refractivity contribution in [1.29, 1.82) is 0 Å². The maximum absolute atomic E-state index is 12.3. The number of benzene rings is 1. The fraction of sp³-hybridized carbons (Fsp3) is 0.316. The number of ether oxygens (including phenoxy) is 2. The minimum absolute atomic E-state index is 0.132. The molecule has 0 unspecified atom stereocenters. The van der Waals surface area contributed by atoms with Crippen LogP contribution in [0.4, 0.5) is 4.79 Å². The predicted molar refractivity (Wildman–Crippen MR) is 103 cm³/mol. The summed E-state index contributed by atoms with van der Waals surface area (Å²) in [6, 6.07) is 3.52. The summed E-state index contributed by atoms with van der Waals surface area (Å²) in [5, 5.41) is 6.16. The van der Waals surface area contributed by atoms with Crippen LogP contribution in [0.5, 0.6) is 5.75 Å². The van der Waals surface area contributed by atoms with E-state index in [4.69, 9.17) is 25.5 Å². The Balaban J connectivity index is 1.93. The summed E-state index contributed by atoms with van der Waals surface area (Å²) in [4.78, 5) is 35.7. The van der Waals surface area contributed by atoms with E-state index in [1.54, 1.807) is 26.8 Å². The van der Waals surface area contributed by atoms with Gasteiger partial charge in [0, 0.05) is 17.5 Å². The first-order valence-corrected chi connectivity index (χ1v) is 9.02. The van der Waals surface area contributed by atoms with Crippen LogP contribution in [0.1, 0.15) is 19.4 Å². The molecule has 0 saturated heterocycles. The Morgan fingerprint density at radius 2 is 2.04 bits per heavy atom. The average molecular weight is 407 g/mol. The van der Waals surface area contributed by atoms with Gasteiger partial charge in [-0.15, -0.1) is 0 Å². The largest absolute Gasteiger partial charge is 0.486 e. The molecule has 0 saturated carbocycles. The number of nitrogens with one attached hydrogen (secondary N) is 2. The van der Waals surface area contributed by atoms with Gasteiger partial charge < -0.3 is 24.5 Å². The summed E-state index contributed by atoms with van der Waals surface area (Å²) in [5.74, 6) is -0.300. The van der Waals surface area contributed by atoms with Gasteiger partial charge >= 0.3 is 17.6 Å². The van der Waals surface area contributed by atoms with Crippen molar-refractivity contribution in [2.75, 3.05) is 13.2 Å². The summed E-state index contributed by atoms with van der Waals surface area (Å²) in [6.45, 7) is 5.21. The van der Waals surface area contributed by atoms with Gasteiger partial charge in [-0.2, -0.15) is 0 Å². The quantitative estimate of drug-likeness (QED) is 0.584. The molecule has 3 rings (SSSR count). The van der Waals surface area contributed by atoms with E-state index in [1.165, 1.54) is 12.1 Å². The molecule has 8 nitrogen and oxygen atoms in total. The number of rotatable bonds is 5. The number of amides is 2. The van der Waals surface area contributed by atoms with Crippen LogP contribution in [-0.4, -0.2) is 31.3 Å². The zero-order chi connectivity index (χ0) is 20.4. The van der Waals surface area contributed by atoms with Crippen molar-refractivity contribution in [2.24, 2.45) is 0 Å². The lowest BCUT2D eigenvalue weighted by molar-refractivity contribution is -0.139. The van der Waals surface area contributed by atoms with Crippen molar-refractivity contribution in [1.82, 2.24) is 10.6 Å². The second kappa shape index (κ2) is 7.93. The van der Waals surface area contributed by atoms with Gasteiger partial charge in [0.1, 0.15) is 17.9 Å². The predicted octanol–water partition coefficient (Wildman–Crippen LogP) is 2.65. The third-order valence-electron chi connectivity index (χ3n) is 4.24. The molecule has 1 aromatic carbocycles. The van der Waals surface area contributed by atoms with E-state index in [0.717, 1.165) is 5.56 Å². The number of fused-ring (bicyclic) bond motifs is 1. The molecule has 1 aliphatic rings. The molecule has 2 N–H and O–H groups in total. The Morgan fingerprint density at radius 3 is 2.75 bits per heavy atom. The molecule has 1 aliphatic heterocycles. The monoisotopic (exact) mass is 406 g/mol. The van der Waals surface area contributed by atoms with Crippen LogP contribution in [0.3, 0.4) is 0 Å². The average Bonchev–Trinajstić information content (AvgIpc) is 2.60. The SMILES string of the molecule is CCOC(=O)C1=C(COc2cc3oc(=O)cc(C)c3cc2Cl)NC(=O)N[C@@H]1C. The van der Waals surface area contributed by atoms with Crippen LogP contribution in [0.2, 0.25) is 5.02 Å². The van der Waals surface area contributed by atoms with Gasteiger partial charge in [-0.25, -0.2) is 14.4 Å². The summed E-state index contributed by atoms with van der Waals surface area (Å²) in [5.41, 5.74) is 1.11. The summed E-state index contributed by atoms with van der Waals surface area (Å²) >= 11 is 6.29. The highest BCUT2D eigenvalue weighted by Gasteiger charge is 2.30. The van der Waals surface area contributed by atoms with Crippen LogP contribution in [0.25, 0.3) is 11.0 Å². The van der Waals surface area contributed by atoms with Crippen molar-refractivity contribution >= 4 is 34.6 Å². The fourth-order valence-corrected chi connectivity index (χ4v) is 3.19. The molecule has 148 valence electrons. The zero-order valence-corrected chi connectivity index (χ0v) is 16.3. The zero-order valence-electron chi connectivity index (χ0n) is 15.6. The minimum Gasteiger partial charge on any atom is -0.486 e. The van der Waals surface area contributed by atoms with E-state index in [1.807, 2.05) is 0 Å². The molecule has 2 aromatic rings. The van der Waals surface area contributed by atoms with Crippen molar-refractivity contribution in [3.63, 3.8) is 0 Å². The third-order valence-corrected chi connectivity index (χ3v) is 4.54. The highest BCUT2D eigenvalue weighted by molar-refractivity contribution is 6.32. The molecule has 1 aromatic heterocycles. The number of hydrogen-bond donors (Lipinski definition) is 2. The Bertz CT molecular complexity index is 1040. The molecule has 2 heterocycles. The van der Waals surface area contributed by atoms with E-state index >= 15 is 0 Å². The summed E-state index contributed by atoms with van der Waals surface area (Å²) in [6.07, 6.45) is 0. The normalized spacial score (nSPS) is 16.6. The first kappa shape index (κ1) is 19.8. The van der Waals surface area contributed by atoms with Crippen LogP contribution < -0.4 is 21.0 Å². The lowest BCUT2D eigenvalue weighted by Gasteiger charge is -2.26. The molecule has 0 radical (unpaired) electrons. The van der Waals surface area contributed by atoms with Crippen molar-refractivity contribution in [3.8, 4) is 5.75 Å². The lowest BCUT2D eigenvalue weighted by atomic mass is 10.0. The van der Waals surface area contributed by atoms with Gasteiger partial charge in [0.25, 0.3) is 0 Å². The van der Waals surface area contributed by atoms with E-state index < -0.39 is 23.7 Å². The number of carbonyl (C=O) groups excluding carboxylic acids is 2. The van der Waals surface area contributed by atoms with Crippen molar-refractivity contribution in [2.45, 2.75) is 26.8 Å². The Hall–Kier alpha value is -3.00. The lowest BCUT2D eigenvalue weighted by Crippen LogP contribution is -2.50. The minimum atomic E-state index is -0.549. The highest BCUT2D eigenvalue weighted by atomic mass is 35.5. The van der Waals surface area contributed by atoms with Crippen molar-refractivity contribution in [3.05, 3.63) is 50.5 Å². The van der Waals surface area contributed by atoms with E-state index in [0.29, 0.717) is 16.0 Å². The van der Waals surface area contributed by atoms with Gasteiger partial charge in [-0.05, 0) is 32.4 Å². The molecule has 0 aliphatic carbocycles. The molecule has 28 heavy (non-hydrogen) atoms. The highest BCUT2D eigenvalue weighted by Crippen LogP contribution is 2.31. The van der Waals surface area contributed by atoms with E-state index in [2.05, 4.69) is 10.6 Å². The number of halogens is 1. The summed E-state index contributed by atoms with van der Waals surface area (Å²) in [7, 11) is 0. The Morgan fingerprint density at radius 1 is 1.29 bits per heavy atom. The van der Waals surface area contributed by atoms with Gasteiger partial charge in [0.05, 0.1) is 28.9 Å². The van der Waals surface area contributed by atoms with Gasteiger partial charge in [-0.1, -0.05) is 11.6 Å². The standard InChI is InChI=1S/C19H19ClN2O6/c1-4-26-18(24)17-10(3)21-19(25)22-13(17)8-27-15-7-14-11(6-12(15)20)9(2)5-16(23)28-14/h5-7,10H,4,8H2,1-3H3,(H2,21,22,25)/t10-/m1/s1. The number of aryl methyl sites for hydroxylation is 1. The van der Waals surface area contributed by atoms with Crippen LogP contribution in [0, 0.1) is 6.92 Å². The molecular formula is C19H19ClN2O6. The molecular weight excluding hydrogens is 388 g/mol. The first-order chi connectivity index (χ1) is 13.3. The van der Waals surface area contributed by atoms with E-state index in [-0.39, 0.29) is 30.2 Å². The third kappa shape index (κ3) is 3.96. The number of urea groups is 1. The molecule has 1 atom stereocenters. The van der Waals surface area contributed by atoms with Crippen LogP contribution in [-0.2, 0) is 9.53 Å². The Labute approximate surface area is 165 Å². The maximum Gasteiger partial charge on any atom is 0.338 e. The number of esters is 1. The Kier molecular flexibility index (Phi) is 5.60. The van der Waals surface area contributed by atoms with Gasteiger partial charge in [0.15, 0.2) is 0 Å². The number of hydrogen-bond acceptors (Lipinski definition) is 6. The van der Waals surface area contributed by atoms with Crippen LogP contribution >= 0.6 is 11.6 Å². The van der Waals surface area contributed by atoms with Crippen molar-refractivity contribution < 1.29 is 23.5 Å². The molecule has 9 heteroatoms. The number of carbonyl (C=O) groups is 2. The van der Waals surface area contributed by atoms with E-state index in [9.17, 15) is 14.4 Å². The van der Waals surface area contributed by atoms with Gasteiger partial charge in [-0.3, -0.25) is 0 Å². The molecule has 0 fully saturated rings.